The molecule has 1 saturated heterocycles. The molecule has 2 atom stereocenters. The number of fused-ring (bicyclic) bond motifs is 3. The van der Waals surface area contributed by atoms with E-state index in [1.54, 1.807) is 0 Å². The highest BCUT2D eigenvalue weighted by Crippen LogP contribution is 2.33. The van der Waals surface area contributed by atoms with Crippen LogP contribution in [0.25, 0.3) is 10.9 Å². The second-order valence-corrected chi connectivity index (χ2v) is 8.37. The highest BCUT2D eigenvalue weighted by atomic mass is 16.5. The minimum absolute atomic E-state index is 0.170. The lowest BCUT2D eigenvalue weighted by atomic mass is 9.87. The number of para-hydroxylation sites is 1. The third kappa shape index (κ3) is 3.77. The Bertz CT molecular complexity index is 810. The molecule has 2 aliphatic rings. The Morgan fingerprint density at radius 3 is 3.00 bits per heavy atom. The molecule has 1 fully saturated rings. The molecule has 1 N–H and O–H groups in total. The fraction of sp³-hybridized carbons (Fsp3) is 0.609. The van der Waals surface area contributed by atoms with Crippen molar-refractivity contribution in [2.24, 2.45) is 5.92 Å². The first-order valence-corrected chi connectivity index (χ1v) is 10.7. The average Bonchev–Trinajstić information content (AvgIpc) is 2.88. The maximum absolute atomic E-state index is 13.3. The summed E-state index contributed by atoms with van der Waals surface area (Å²) in [5, 5.41) is 1.25. The summed E-state index contributed by atoms with van der Waals surface area (Å²) in [5.74, 6) is 0.893. The van der Waals surface area contributed by atoms with Gasteiger partial charge in [-0.25, -0.2) is 0 Å². The Morgan fingerprint density at radius 2 is 2.15 bits per heavy atom. The lowest BCUT2D eigenvalue weighted by Gasteiger charge is -2.21. The molecule has 1 amide bonds. The van der Waals surface area contributed by atoms with Crippen LogP contribution in [-0.4, -0.2) is 41.6 Å². The SMILES string of the molecule is CCCOC1CCCN(C(=O)c2cccc3c4c([nH]c23)CCC(C)C4)CC1. The predicted octanol–water partition coefficient (Wildman–Crippen LogP) is 4.71. The van der Waals surface area contributed by atoms with Crippen molar-refractivity contribution in [3.63, 3.8) is 0 Å². The van der Waals surface area contributed by atoms with E-state index in [1.165, 1.54) is 23.1 Å². The molecule has 4 nitrogen and oxygen atoms in total. The van der Waals surface area contributed by atoms with Gasteiger partial charge in [-0.3, -0.25) is 4.79 Å². The number of aryl methyl sites for hydroxylation is 1. The van der Waals surface area contributed by atoms with Gasteiger partial charge in [-0.15, -0.1) is 0 Å². The van der Waals surface area contributed by atoms with Crippen LogP contribution in [0.5, 0.6) is 0 Å². The van der Waals surface area contributed by atoms with Gasteiger partial charge in [-0.05, 0) is 62.5 Å². The van der Waals surface area contributed by atoms with Crippen molar-refractivity contribution in [3.8, 4) is 0 Å². The van der Waals surface area contributed by atoms with Gasteiger partial charge < -0.3 is 14.6 Å². The van der Waals surface area contributed by atoms with Gasteiger partial charge >= 0.3 is 0 Å². The minimum atomic E-state index is 0.170. The summed E-state index contributed by atoms with van der Waals surface area (Å²) in [6.07, 6.45) is 7.83. The van der Waals surface area contributed by atoms with Gasteiger partial charge in [0.15, 0.2) is 0 Å². The van der Waals surface area contributed by atoms with E-state index in [2.05, 4.69) is 24.9 Å². The maximum atomic E-state index is 13.3. The van der Waals surface area contributed by atoms with Gasteiger partial charge in [-0.2, -0.15) is 0 Å². The molecule has 0 bridgehead atoms. The monoisotopic (exact) mass is 368 g/mol. The first kappa shape index (κ1) is 18.5. The third-order valence-corrected chi connectivity index (χ3v) is 6.22. The number of ether oxygens (including phenoxy) is 1. The number of aromatic amines is 1. The minimum Gasteiger partial charge on any atom is -0.378 e. The van der Waals surface area contributed by atoms with E-state index in [-0.39, 0.29) is 5.91 Å². The second-order valence-electron chi connectivity index (χ2n) is 8.37. The zero-order chi connectivity index (χ0) is 18.8. The van der Waals surface area contributed by atoms with Gasteiger partial charge in [0, 0.05) is 30.8 Å². The molecule has 0 spiro atoms. The van der Waals surface area contributed by atoms with Crippen LogP contribution in [-0.2, 0) is 17.6 Å². The Hall–Kier alpha value is -1.81. The highest BCUT2D eigenvalue weighted by molar-refractivity contribution is 6.06. The van der Waals surface area contributed by atoms with Gasteiger partial charge in [-0.1, -0.05) is 26.0 Å². The van der Waals surface area contributed by atoms with Crippen LogP contribution in [0.1, 0.15) is 67.6 Å². The number of H-pyrrole nitrogens is 1. The number of hydrogen-bond acceptors (Lipinski definition) is 2. The number of benzene rings is 1. The van der Waals surface area contributed by atoms with E-state index in [4.69, 9.17) is 4.74 Å². The zero-order valence-corrected chi connectivity index (χ0v) is 16.7. The smallest absolute Gasteiger partial charge is 0.255 e. The highest BCUT2D eigenvalue weighted by Gasteiger charge is 2.26. The number of nitrogens with zero attached hydrogens (tertiary/aromatic N) is 1. The Labute approximate surface area is 162 Å². The standard InChI is InChI=1S/C23H32N2O2/c1-3-14-27-17-6-5-12-25(13-11-17)23(26)19-8-4-7-18-20-15-16(2)9-10-21(20)24-22(18)19/h4,7-8,16-17,24H,3,5-6,9-15H2,1-2H3. The van der Waals surface area contributed by atoms with Gasteiger partial charge in [0.1, 0.15) is 0 Å². The molecule has 2 heterocycles. The molecule has 4 rings (SSSR count). The second kappa shape index (κ2) is 8.05. The van der Waals surface area contributed by atoms with Crippen LogP contribution in [0, 0.1) is 5.92 Å². The molecule has 27 heavy (non-hydrogen) atoms. The Balaban J connectivity index is 1.56. The average molecular weight is 369 g/mol. The number of aromatic nitrogens is 1. The lowest BCUT2D eigenvalue weighted by molar-refractivity contribution is 0.0432. The van der Waals surface area contributed by atoms with E-state index in [9.17, 15) is 4.79 Å². The van der Waals surface area contributed by atoms with E-state index in [1.807, 2.05) is 17.0 Å². The van der Waals surface area contributed by atoms with Gasteiger partial charge in [0.25, 0.3) is 5.91 Å². The molecule has 4 heteroatoms. The number of likely N-dealkylation sites (tertiary alicyclic amines) is 1. The summed E-state index contributed by atoms with van der Waals surface area (Å²) in [5.41, 5.74) is 4.65. The molecule has 2 unspecified atom stereocenters. The predicted molar refractivity (Wildman–Crippen MR) is 109 cm³/mol. The summed E-state index contributed by atoms with van der Waals surface area (Å²) >= 11 is 0. The molecule has 146 valence electrons. The molecule has 0 saturated carbocycles. The normalized spacial score (nSPS) is 23.3. The quantitative estimate of drug-likeness (QED) is 0.849. The van der Waals surface area contributed by atoms with Crippen LogP contribution in [0.4, 0.5) is 0 Å². The molecule has 2 aromatic rings. The van der Waals surface area contributed by atoms with Crippen LogP contribution < -0.4 is 0 Å². The van der Waals surface area contributed by atoms with Crippen molar-refractivity contribution in [3.05, 3.63) is 35.0 Å². The van der Waals surface area contributed by atoms with Gasteiger partial charge in [0.2, 0.25) is 0 Å². The number of hydrogen-bond donors (Lipinski definition) is 1. The topological polar surface area (TPSA) is 45.3 Å². The molecule has 1 aromatic heterocycles. The molecular weight excluding hydrogens is 336 g/mol. The van der Waals surface area contributed by atoms with Crippen molar-refractivity contribution >= 4 is 16.8 Å². The number of amides is 1. The lowest BCUT2D eigenvalue weighted by Crippen LogP contribution is -2.32. The number of nitrogens with one attached hydrogen (secondary N) is 1. The first-order valence-electron chi connectivity index (χ1n) is 10.7. The molecule has 1 aliphatic carbocycles. The van der Waals surface area contributed by atoms with Crippen molar-refractivity contribution in [1.29, 1.82) is 0 Å². The third-order valence-electron chi connectivity index (χ3n) is 6.22. The van der Waals surface area contributed by atoms with E-state index >= 15 is 0 Å². The van der Waals surface area contributed by atoms with E-state index in [0.717, 1.165) is 75.2 Å². The van der Waals surface area contributed by atoms with Crippen LogP contribution in [0.2, 0.25) is 0 Å². The van der Waals surface area contributed by atoms with Crippen LogP contribution >= 0.6 is 0 Å². The summed E-state index contributed by atoms with van der Waals surface area (Å²) in [6.45, 7) is 6.92. The molecule has 1 aromatic carbocycles. The molecule has 0 radical (unpaired) electrons. The fourth-order valence-corrected chi connectivity index (χ4v) is 4.68. The van der Waals surface area contributed by atoms with Crippen molar-refractivity contribution < 1.29 is 9.53 Å². The fourth-order valence-electron chi connectivity index (χ4n) is 4.68. The van der Waals surface area contributed by atoms with Crippen molar-refractivity contribution in [2.45, 2.75) is 64.9 Å². The number of carbonyl (C=O) groups is 1. The van der Waals surface area contributed by atoms with Crippen LogP contribution in [0.15, 0.2) is 18.2 Å². The Morgan fingerprint density at radius 1 is 1.26 bits per heavy atom. The number of rotatable bonds is 4. The summed E-state index contributed by atoms with van der Waals surface area (Å²) < 4.78 is 5.94. The van der Waals surface area contributed by atoms with E-state index < -0.39 is 0 Å². The molecular formula is C23H32N2O2. The molecule has 1 aliphatic heterocycles. The van der Waals surface area contributed by atoms with E-state index in [0.29, 0.717) is 6.10 Å². The van der Waals surface area contributed by atoms with Gasteiger partial charge in [0.05, 0.1) is 17.2 Å². The maximum Gasteiger partial charge on any atom is 0.255 e. The van der Waals surface area contributed by atoms with Crippen molar-refractivity contribution in [2.75, 3.05) is 19.7 Å². The largest absolute Gasteiger partial charge is 0.378 e. The zero-order valence-electron chi connectivity index (χ0n) is 16.7. The summed E-state index contributed by atoms with van der Waals surface area (Å²) in [6, 6.07) is 6.22. The Kier molecular flexibility index (Phi) is 5.53. The summed E-state index contributed by atoms with van der Waals surface area (Å²) in [4.78, 5) is 19.0. The number of carbonyl (C=O) groups excluding carboxylic acids is 1. The summed E-state index contributed by atoms with van der Waals surface area (Å²) in [7, 11) is 0. The van der Waals surface area contributed by atoms with Crippen molar-refractivity contribution in [1.82, 2.24) is 9.88 Å². The van der Waals surface area contributed by atoms with Crippen LogP contribution in [0.3, 0.4) is 0 Å². The first-order chi connectivity index (χ1) is 13.2.